The van der Waals surface area contributed by atoms with Crippen LogP contribution in [-0.2, 0) is 24.3 Å². The van der Waals surface area contributed by atoms with Crippen molar-refractivity contribution in [3.63, 3.8) is 0 Å². The molecule has 2 amide bonds. The van der Waals surface area contributed by atoms with E-state index < -0.39 is 12.0 Å². The van der Waals surface area contributed by atoms with Crippen molar-refractivity contribution < 1.29 is 19.5 Å². The maximum atomic E-state index is 12.9. The second-order valence-electron chi connectivity index (χ2n) is 7.48. The Morgan fingerprint density at radius 2 is 2.00 bits per heavy atom. The molecule has 0 saturated heterocycles. The summed E-state index contributed by atoms with van der Waals surface area (Å²) in [6.07, 6.45) is 2.66. The number of carbonyl (C=O) groups excluding carboxylic acids is 2. The highest BCUT2D eigenvalue weighted by Crippen LogP contribution is 2.29. The molecule has 0 bridgehead atoms. The molecular formula is C18H25N5O4. The molecule has 2 atom stereocenters. The van der Waals surface area contributed by atoms with Crippen LogP contribution in [0.15, 0.2) is 12.3 Å². The molecule has 0 saturated carbocycles. The lowest BCUT2D eigenvalue weighted by molar-refractivity contribution is -0.118. The van der Waals surface area contributed by atoms with Gasteiger partial charge >= 0.3 is 6.09 Å². The first kappa shape index (κ1) is 18.9. The highest BCUT2D eigenvalue weighted by Gasteiger charge is 2.37. The third-order valence-corrected chi connectivity index (χ3v) is 5.10. The zero-order valence-corrected chi connectivity index (χ0v) is 16.0. The fourth-order valence-corrected chi connectivity index (χ4v) is 3.62. The SMILES string of the molecule is CC1Cc2nn3c(c2CN1C(=O)O)C(=O)N(C)CC(C(=O)C=CN(C)C)C3. The van der Waals surface area contributed by atoms with Gasteiger partial charge in [-0.2, -0.15) is 5.10 Å². The van der Waals surface area contributed by atoms with E-state index in [4.69, 9.17) is 0 Å². The Labute approximate surface area is 157 Å². The zero-order valence-electron chi connectivity index (χ0n) is 16.0. The van der Waals surface area contributed by atoms with E-state index in [0.29, 0.717) is 30.8 Å². The molecule has 1 aromatic heterocycles. The fraction of sp³-hybridized carbons (Fsp3) is 0.556. The molecule has 1 N–H and O–H groups in total. The first-order valence-electron chi connectivity index (χ1n) is 8.91. The summed E-state index contributed by atoms with van der Waals surface area (Å²) in [4.78, 5) is 41.6. The van der Waals surface area contributed by atoms with Crippen LogP contribution in [0.1, 0.15) is 28.7 Å². The van der Waals surface area contributed by atoms with Crippen LogP contribution in [0.4, 0.5) is 4.79 Å². The molecule has 0 aliphatic carbocycles. The van der Waals surface area contributed by atoms with Gasteiger partial charge in [0.05, 0.1) is 24.7 Å². The predicted molar refractivity (Wildman–Crippen MR) is 97.2 cm³/mol. The number of ketones is 1. The van der Waals surface area contributed by atoms with E-state index in [2.05, 4.69) is 5.10 Å². The van der Waals surface area contributed by atoms with Crippen molar-refractivity contribution in [3.8, 4) is 0 Å². The molecular weight excluding hydrogens is 350 g/mol. The van der Waals surface area contributed by atoms with Crippen LogP contribution in [0, 0.1) is 5.92 Å². The van der Waals surface area contributed by atoms with Gasteiger partial charge in [0.1, 0.15) is 5.69 Å². The van der Waals surface area contributed by atoms with Crippen molar-refractivity contribution in [2.45, 2.75) is 32.5 Å². The molecule has 0 radical (unpaired) electrons. The second kappa shape index (κ2) is 7.05. The van der Waals surface area contributed by atoms with Crippen molar-refractivity contribution in [1.29, 1.82) is 0 Å². The van der Waals surface area contributed by atoms with Gasteiger partial charge in [-0.1, -0.05) is 0 Å². The van der Waals surface area contributed by atoms with Crippen LogP contribution in [0.3, 0.4) is 0 Å². The Balaban J connectivity index is 1.96. The lowest BCUT2D eigenvalue weighted by Crippen LogP contribution is -2.42. The Hall–Kier alpha value is -2.84. The van der Waals surface area contributed by atoms with Crippen molar-refractivity contribution >= 4 is 17.8 Å². The molecule has 3 heterocycles. The molecule has 2 aliphatic heterocycles. The molecule has 3 rings (SSSR count). The first-order valence-corrected chi connectivity index (χ1v) is 8.91. The van der Waals surface area contributed by atoms with Gasteiger partial charge < -0.3 is 19.8 Å². The number of nitrogens with zero attached hydrogens (tertiary/aromatic N) is 5. The number of rotatable bonds is 3. The molecule has 2 unspecified atom stereocenters. The number of carboxylic acid groups (broad SMARTS) is 1. The molecule has 0 spiro atoms. The van der Waals surface area contributed by atoms with Gasteiger partial charge in [0.15, 0.2) is 5.78 Å². The van der Waals surface area contributed by atoms with Gasteiger partial charge in [0, 0.05) is 51.9 Å². The molecule has 27 heavy (non-hydrogen) atoms. The third-order valence-electron chi connectivity index (χ3n) is 5.10. The summed E-state index contributed by atoms with van der Waals surface area (Å²) in [7, 11) is 5.33. The third kappa shape index (κ3) is 3.54. The van der Waals surface area contributed by atoms with Crippen LogP contribution in [-0.4, -0.2) is 81.1 Å². The predicted octanol–water partition coefficient (Wildman–Crippen LogP) is 0.654. The Morgan fingerprint density at radius 1 is 1.30 bits per heavy atom. The number of carbonyl (C=O) groups is 3. The molecule has 9 nitrogen and oxygen atoms in total. The van der Waals surface area contributed by atoms with Gasteiger partial charge in [0.25, 0.3) is 5.91 Å². The van der Waals surface area contributed by atoms with Gasteiger partial charge in [-0.3, -0.25) is 14.3 Å². The average Bonchev–Trinajstić information content (AvgIpc) is 2.87. The fourth-order valence-electron chi connectivity index (χ4n) is 3.62. The maximum Gasteiger partial charge on any atom is 0.407 e. The van der Waals surface area contributed by atoms with E-state index in [1.807, 2.05) is 21.0 Å². The van der Waals surface area contributed by atoms with Gasteiger partial charge in [0.2, 0.25) is 0 Å². The first-order chi connectivity index (χ1) is 12.7. The van der Waals surface area contributed by atoms with Crippen molar-refractivity contribution in [2.24, 2.45) is 5.92 Å². The van der Waals surface area contributed by atoms with Gasteiger partial charge in [-0.05, 0) is 13.0 Å². The summed E-state index contributed by atoms with van der Waals surface area (Å²) >= 11 is 0. The minimum Gasteiger partial charge on any atom is -0.465 e. The number of aromatic nitrogens is 2. The largest absolute Gasteiger partial charge is 0.465 e. The normalized spacial score (nSPS) is 22.4. The highest BCUT2D eigenvalue weighted by molar-refractivity contribution is 5.97. The Morgan fingerprint density at radius 3 is 2.63 bits per heavy atom. The summed E-state index contributed by atoms with van der Waals surface area (Å²) < 4.78 is 1.60. The minimum absolute atomic E-state index is 0.0646. The van der Waals surface area contributed by atoms with Crippen molar-refractivity contribution in [2.75, 3.05) is 27.7 Å². The Bertz CT molecular complexity index is 813. The lowest BCUT2D eigenvalue weighted by Gasteiger charge is -2.30. The van der Waals surface area contributed by atoms with Crippen molar-refractivity contribution in [3.05, 3.63) is 29.2 Å². The monoisotopic (exact) mass is 375 g/mol. The summed E-state index contributed by atoms with van der Waals surface area (Å²) in [6.45, 7) is 2.57. The summed E-state index contributed by atoms with van der Waals surface area (Å²) in [6, 6.07) is -0.206. The molecule has 1 aromatic rings. The minimum atomic E-state index is -1.01. The van der Waals surface area contributed by atoms with Crippen LogP contribution in [0.2, 0.25) is 0 Å². The lowest BCUT2D eigenvalue weighted by atomic mass is 10.00. The van der Waals surface area contributed by atoms with Crippen LogP contribution >= 0.6 is 0 Å². The zero-order chi connectivity index (χ0) is 19.9. The quantitative estimate of drug-likeness (QED) is 0.779. The van der Waals surface area contributed by atoms with Crippen LogP contribution in [0.5, 0.6) is 0 Å². The summed E-state index contributed by atoms with van der Waals surface area (Å²) in [5, 5.41) is 14.0. The van der Waals surface area contributed by atoms with E-state index in [-0.39, 0.29) is 24.3 Å². The molecule has 9 heteroatoms. The van der Waals surface area contributed by atoms with E-state index in [1.165, 1.54) is 15.9 Å². The van der Waals surface area contributed by atoms with Gasteiger partial charge in [-0.25, -0.2) is 4.79 Å². The summed E-state index contributed by atoms with van der Waals surface area (Å²) in [5.74, 6) is -0.688. The second-order valence-corrected chi connectivity index (χ2v) is 7.48. The topological polar surface area (TPSA) is 99.0 Å². The molecule has 0 aromatic carbocycles. The summed E-state index contributed by atoms with van der Waals surface area (Å²) in [5.41, 5.74) is 1.80. The number of allylic oxidation sites excluding steroid dienone is 1. The van der Waals surface area contributed by atoms with Crippen molar-refractivity contribution in [1.82, 2.24) is 24.5 Å². The smallest absolute Gasteiger partial charge is 0.407 e. The van der Waals surface area contributed by atoms with Crippen LogP contribution < -0.4 is 0 Å². The van der Waals surface area contributed by atoms with Crippen LogP contribution in [0.25, 0.3) is 0 Å². The Kier molecular flexibility index (Phi) is 4.95. The highest BCUT2D eigenvalue weighted by atomic mass is 16.4. The van der Waals surface area contributed by atoms with Gasteiger partial charge in [-0.15, -0.1) is 0 Å². The number of fused-ring (bicyclic) bond motifs is 3. The molecule has 2 aliphatic rings. The average molecular weight is 375 g/mol. The standard InChI is InChI=1S/C18H25N5O4/c1-11-7-14-13(10-22(11)18(26)27)16-17(25)21(4)8-12(9-23(16)19-14)15(24)5-6-20(2)3/h5-6,11-12H,7-10H2,1-4H3,(H,26,27). The van der Waals surface area contributed by atoms with E-state index >= 15 is 0 Å². The molecule has 0 fully saturated rings. The van der Waals surface area contributed by atoms with E-state index in [0.717, 1.165) is 5.69 Å². The number of hydrogen-bond donors (Lipinski definition) is 1. The number of hydrogen-bond acceptors (Lipinski definition) is 5. The van der Waals surface area contributed by atoms with E-state index in [1.54, 1.807) is 22.8 Å². The molecule has 146 valence electrons. The van der Waals surface area contributed by atoms with E-state index in [9.17, 15) is 19.5 Å². The maximum absolute atomic E-state index is 12.9. The number of amides is 2.